The summed E-state index contributed by atoms with van der Waals surface area (Å²) >= 11 is 0. The zero-order chi connectivity index (χ0) is 24.2. The first-order valence-corrected chi connectivity index (χ1v) is 15.1. The molecule has 0 aromatic rings. The zero-order valence-corrected chi connectivity index (χ0v) is 23.0. The Kier molecular flexibility index (Phi) is 26.8. The number of allylic oxidation sites excluding steroid dienone is 2. The Balaban J connectivity index is 3.55. The van der Waals surface area contributed by atoms with Gasteiger partial charge in [-0.2, -0.15) is 0 Å². The van der Waals surface area contributed by atoms with Gasteiger partial charge in [-0.25, -0.2) is 0 Å². The molecule has 0 saturated heterocycles. The Morgan fingerprint density at radius 3 is 1.52 bits per heavy atom. The molecular formula is C31H60O2. The normalized spacial score (nSPS) is 12.5. The second-order valence-corrected chi connectivity index (χ2v) is 10.1. The van der Waals surface area contributed by atoms with Gasteiger partial charge < -0.3 is 4.74 Å². The van der Waals surface area contributed by atoms with Crippen molar-refractivity contribution >= 4 is 5.97 Å². The van der Waals surface area contributed by atoms with Crippen LogP contribution in [0, 0.1) is 0 Å². The fourth-order valence-corrected chi connectivity index (χ4v) is 4.50. The van der Waals surface area contributed by atoms with E-state index in [0.717, 1.165) is 25.7 Å². The second-order valence-electron chi connectivity index (χ2n) is 10.1. The van der Waals surface area contributed by atoms with Crippen molar-refractivity contribution in [2.75, 3.05) is 0 Å². The summed E-state index contributed by atoms with van der Waals surface area (Å²) in [6.07, 6.45) is 34.7. The third-order valence-electron chi connectivity index (χ3n) is 6.68. The summed E-state index contributed by atoms with van der Waals surface area (Å²) in [6.45, 7) is 6.73. The molecule has 0 aliphatic rings. The Labute approximate surface area is 208 Å². The predicted octanol–water partition coefficient (Wildman–Crippen LogP) is 10.9. The smallest absolute Gasteiger partial charge is 0.306 e. The van der Waals surface area contributed by atoms with E-state index in [9.17, 15) is 4.79 Å². The molecule has 0 rings (SSSR count). The van der Waals surface area contributed by atoms with Crippen molar-refractivity contribution in [3.8, 4) is 0 Å². The minimum atomic E-state index is 0.0382. The first kappa shape index (κ1) is 32.2. The van der Waals surface area contributed by atoms with E-state index < -0.39 is 0 Å². The quantitative estimate of drug-likeness (QED) is 0.0722. The molecule has 0 amide bonds. The molecule has 1 atom stereocenters. The van der Waals surface area contributed by atoms with E-state index in [4.69, 9.17) is 4.74 Å². The van der Waals surface area contributed by atoms with Crippen LogP contribution in [0.25, 0.3) is 0 Å². The molecule has 0 heterocycles. The molecule has 0 spiro atoms. The average molecular weight is 465 g/mol. The molecule has 196 valence electrons. The van der Waals surface area contributed by atoms with E-state index in [1.54, 1.807) is 0 Å². The highest BCUT2D eigenvalue weighted by molar-refractivity contribution is 5.69. The van der Waals surface area contributed by atoms with Crippen LogP contribution in [0.15, 0.2) is 12.2 Å². The monoisotopic (exact) mass is 464 g/mol. The maximum atomic E-state index is 12.2. The van der Waals surface area contributed by atoms with Gasteiger partial charge in [-0.15, -0.1) is 0 Å². The van der Waals surface area contributed by atoms with Crippen LogP contribution in [0.1, 0.15) is 175 Å². The molecule has 0 aliphatic carbocycles. The first-order chi connectivity index (χ1) is 16.2. The summed E-state index contributed by atoms with van der Waals surface area (Å²) in [5.74, 6) is 0.0382. The minimum Gasteiger partial charge on any atom is -0.462 e. The predicted molar refractivity (Wildman–Crippen MR) is 147 cm³/mol. The van der Waals surface area contributed by atoms with Gasteiger partial charge in [-0.3, -0.25) is 4.79 Å². The number of ether oxygens (including phenoxy) is 1. The van der Waals surface area contributed by atoms with Crippen LogP contribution in [0.2, 0.25) is 0 Å². The van der Waals surface area contributed by atoms with Crippen LogP contribution in [-0.2, 0) is 9.53 Å². The molecule has 0 fully saturated rings. The highest BCUT2D eigenvalue weighted by Gasteiger charge is 2.13. The van der Waals surface area contributed by atoms with E-state index in [2.05, 4.69) is 32.9 Å². The van der Waals surface area contributed by atoms with Gasteiger partial charge in [0.1, 0.15) is 6.10 Å². The van der Waals surface area contributed by atoms with Crippen LogP contribution in [0.4, 0.5) is 0 Å². The second kappa shape index (κ2) is 27.5. The van der Waals surface area contributed by atoms with Gasteiger partial charge in [0.25, 0.3) is 0 Å². The largest absolute Gasteiger partial charge is 0.462 e. The van der Waals surface area contributed by atoms with Crippen LogP contribution in [0.5, 0.6) is 0 Å². The average Bonchev–Trinajstić information content (AvgIpc) is 2.81. The fourth-order valence-electron chi connectivity index (χ4n) is 4.50. The highest BCUT2D eigenvalue weighted by Crippen LogP contribution is 2.16. The third kappa shape index (κ3) is 25.7. The van der Waals surface area contributed by atoms with E-state index in [1.165, 1.54) is 122 Å². The van der Waals surface area contributed by atoms with Crippen LogP contribution in [0.3, 0.4) is 0 Å². The fraction of sp³-hybridized carbons (Fsp3) is 0.903. The lowest BCUT2D eigenvalue weighted by atomic mass is 10.0. The number of carbonyl (C=O) groups excluding carboxylic acids is 1. The summed E-state index contributed by atoms with van der Waals surface area (Å²) in [7, 11) is 0. The molecule has 0 aromatic carbocycles. The summed E-state index contributed by atoms with van der Waals surface area (Å²) in [6, 6.07) is 0. The molecule has 0 bridgehead atoms. The summed E-state index contributed by atoms with van der Waals surface area (Å²) in [4.78, 5) is 12.2. The molecule has 0 aliphatic heterocycles. The van der Waals surface area contributed by atoms with Crippen molar-refractivity contribution < 1.29 is 9.53 Å². The van der Waals surface area contributed by atoms with Crippen molar-refractivity contribution in [3.63, 3.8) is 0 Å². The molecule has 0 N–H and O–H groups in total. The van der Waals surface area contributed by atoms with Crippen molar-refractivity contribution in [2.24, 2.45) is 0 Å². The lowest BCUT2D eigenvalue weighted by molar-refractivity contribution is -0.150. The summed E-state index contributed by atoms with van der Waals surface area (Å²) in [5, 5.41) is 0. The standard InChI is InChI=1S/C31H60O2/c1-4-7-9-11-13-14-15-16-17-18-19-20-22-24-26-29-31(32)33-30(27-6-3)28-25-23-21-12-10-8-5-2/h15-16,30H,4-14,17-29H2,1-3H3/b16-15-. The Bertz CT molecular complexity index is 415. The first-order valence-electron chi connectivity index (χ1n) is 15.1. The molecule has 1 unspecified atom stereocenters. The van der Waals surface area contributed by atoms with Crippen LogP contribution < -0.4 is 0 Å². The maximum Gasteiger partial charge on any atom is 0.306 e. The third-order valence-corrected chi connectivity index (χ3v) is 6.68. The van der Waals surface area contributed by atoms with Crippen LogP contribution in [-0.4, -0.2) is 12.1 Å². The van der Waals surface area contributed by atoms with Crippen molar-refractivity contribution in [1.82, 2.24) is 0 Å². The molecule has 0 radical (unpaired) electrons. The van der Waals surface area contributed by atoms with Gasteiger partial charge >= 0.3 is 5.97 Å². The number of unbranched alkanes of at least 4 members (excludes halogenated alkanes) is 17. The lowest BCUT2D eigenvalue weighted by Crippen LogP contribution is -2.18. The van der Waals surface area contributed by atoms with Gasteiger partial charge in [0.2, 0.25) is 0 Å². The lowest BCUT2D eigenvalue weighted by Gasteiger charge is -2.17. The number of hydrogen-bond donors (Lipinski definition) is 0. The molecule has 2 heteroatoms. The van der Waals surface area contributed by atoms with Crippen molar-refractivity contribution in [2.45, 2.75) is 181 Å². The number of esters is 1. The number of carbonyl (C=O) groups is 1. The van der Waals surface area contributed by atoms with E-state index in [-0.39, 0.29) is 12.1 Å². The highest BCUT2D eigenvalue weighted by atomic mass is 16.5. The minimum absolute atomic E-state index is 0.0382. The molecule has 0 aromatic heterocycles. The molecule has 0 saturated carbocycles. The van der Waals surface area contributed by atoms with Crippen molar-refractivity contribution in [1.29, 1.82) is 0 Å². The summed E-state index contributed by atoms with van der Waals surface area (Å²) in [5.41, 5.74) is 0. The van der Waals surface area contributed by atoms with E-state index in [1.807, 2.05) is 0 Å². The van der Waals surface area contributed by atoms with Crippen LogP contribution >= 0.6 is 0 Å². The molecular weight excluding hydrogens is 404 g/mol. The summed E-state index contributed by atoms with van der Waals surface area (Å²) < 4.78 is 5.81. The van der Waals surface area contributed by atoms with E-state index >= 15 is 0 Å². The number of hydrogen-bond acceptors (Lipinski definition) is 2. The molecule has 33 heavy (non-hydrogen) atoms. The number of rotatable bonds is 26. The van der Waals surface area contributed by atoms with Gasteiger partial charge in [0.05, 0.1) is 0 Å². The zero-order valence-electron chi connectivity index (χ0n) is 23.0. The Morgan fingerprint density at radius 1 is 0.545 bits per heavy atom. The van der Waals surface area contributed by atoms with Gasteiger partial charge in [-0.05, 0) is 51.4 Å². The Morgan fingerprint density at radius 2 is 1.00 bits per heavy atom. The van der Waals surface area contributed by atoms with Gasteiger partial charge in [0, 0.05) is 6.42 Å². The van der Waals surface area contributed by atoms with E-state index in [0.29, 0.717) is 6.42 Å². The van der Waals surface area contributed by atoms with Crippen molar-refractivity contribution in [3.05, 3.63) is 12.2 Å². The maximum absolute atomic E-state index is 12.2. The van der Waals surface area contributed by atoms with Gasteiger partial charge in [-0.1, -0.05) is 129 Å². The molecule has 2 nitrogen and oxygen atoms in total. The van der Waals surface area contributed by atoms with Gasteiger partial charge in [0.15, 0.2) is 0 Å². The topological polar surface area (TPSA) is 26.3 Å². The Hall–Kier alpha value is -0.790. The SMILES string of the molecule is CCCCCCC/C=C\CCCCCCCCC(=O)OC(CCC)CCCCCCCCC.